The Morgan fingerprint density at radius 1 is 0.868 bits per heavy atom. The first-order valence-electron chi connectivity index (χ1n) is 12.2. The maximum absolute atomic E-state index is 13.8. The number of hydrogen-bond acceptors (Lipinski definition) is 4. The van der Waals surface area contributed by atoms with Crippen LogP contribution in [0.25, 0.3) is 11.1 Å². The average molecular weight is 499 g/mol. The van der Waals surface area contributed by atoms with Gasteiger partial charge in [-0.3, -0.25) is 19.5 Å². The molecule has 4 aromatic rings. The summed E-state index contributed by atoms with van der Waals surface area (Å²) in [6.07, 6.45) is 3.08. The van der Waals surface area contributed by atoms with Gasteiger partial charge in [-0.25, -0.2) is 0 Å². The summed E-state index contributed by atoms with van der Waals surface area (Å²) in [6, 6.07) is 30.9. The molecule has 0 radical (unpaired) electrons. The number of rotatable bonds is 7. The molecule has 1 N–H and O–H groups in total. The zero-order valence-corrected chi connectivity index (χ0v) is 20.9. The smallest absolute Gasteiger partial charge is 0.303 e. The van der Waals surface area contributed by atoms with E-state index in [1.807, 2.05) is 85.8 Å². The number of nitrogens with one attached hydrogen (secondary N) is 1. The molecule has 4 rings (SSSR count). The van der Waals surface area contributed by atoms with Crippen molar-refractivity contribution in [3.63, 3.8) is 0 Å². The highest BCUT2D eigenvalue weighted by Crippen LogP contribution is 2.30. The van der Waals surface area contributed by atoms with Gasteiger partial charge < -0.3 is 5.32 Å². The number of nitrogens with zero attached hydrogens (tertiary/aromatic N) is 3. The lowest BCUT2D eigenvalue weighted by Gasteiger charge is -2.31. The van der Waals surface area contributed by atoms with E-state index >= 15 is 0 Å². The van der Waals surface area contributed by atoms with Crippen LogP contribution in [0.15, 0.2) is 109 Å². The Bertz CT molecular complexity index is 1470. The van der Waals surface area contributed by atoms with Crippen LogP contribution in [0.5, 0.6) is 0 Å². The van der Waals surface area contributed by atoms with Crippen LogP contribution in [-0.4, -0.2) is 16.8 Å². The van der Waals surface area contributed by atoms with Crippen molar-refractivity contribution in [1.82, 2.24) is 10.3 Å². The molecule has 6 nitrogen and oxygen atoms in total. The van der Waals surface area contributed by atoms with Crippen molar-refractivity contribution in [2.75, 3.05) is 4.90 Å². The molecule has 2 atom stereocenters. The second-order valence-electron chi connectivity index (χ2n) is 8.55. The van der Waals surface area contributed by atoms with Gasteiger partial charge in [0.15, 0.2) is 0 Å². The second kappa shape index (κ2) is 12.7. The summed E-state index contributed by atoms with van der Waals surface area (Å²) in [5.74, 6) is 4.15. The first-order valence-corrected chi connectivity index (χ1v) is 12.2. The van der Waals surface area contributed by atoms with Gasteiger partial charge >= 0.3 is 5.91 Å². The molecule has 6 heteroatoms. The van der Waals surface area contributed by atoms with Crippen LogP contribution in [0.3, 0.4) is 0 Å². The van der Waals surface area contributed by atoms with Crippen LogP contribution in [-0.2, 0) is 9.59 Å². The summed E-state index contributed by atoms with van der Waals surface area (Å²) in [5, 5.41) is 11.9. The van der Waals surface area contributed by atoms with Gasteiger partial charge in [0.2, 0.25) is 5.91 Å². The number of benzene rings is 3. The predicted molar refractivity (Wildman–Crippen MR) is 147 cm³/mol. The summed E-state index contributed by atoms with van der Waals surface area (Å²) in [4.78, 5) is 32.9. The van der Waals surface area contributed by atoms with Gasteiger partial charge in [0, 0.05) is 23.6 Å². The topological polar surface area (TPSA) is 86.1 Å². The van der Waals surface area contributed by atoms with Crippen molar-refractivity contribution in [3.05, 3.63) is 121 Å². The summed E-state index contributed by atoms with van der Waals surface area (Å²) >= 11 is 0. The van der Waals surface area contributed by atoms with Gasteiger partial charge in [0.1, 0.15) is 6.04 Å². The van der Waals surface area contributed by atoms with E-state index in [4.69, 9.17) is 5.26 Å². The van der Waals surface area contributed by atoms with Crippen molar-refractivity contribution in [1.29, 1.82) is 5.26 Å². The first kappa shape index (κ1) is 25.9. The quantitative estimate of drug-likeness (QED) is 0.335. The Kier molecular flexibility index (Phi) is 8.63. The van der Waals surface area contributed by atoms with Crippen molar-refractivity contribution < 1.29 is 9.59 Å². The van der Waals surface area contributed by atoms with Crippen LogP contribution in [0.2, 0.25) is 0 Å². The molecule has 0 aliphatic carbocycles. The molecular formula is C32H26N4O2. The third-order valence-electron chi connectivity index (χ3n) is 6.00. The largest absolute Gasteiger partial charge is 0.347 e. The fourth-order valence-corrected chi connectivity index (χ4v) is 4.12. The van der Waals surface area contributed by atoms with Crippen LogP contribution >= 0.6 is 0 Å². The van der Waals surface area contributed by atoms with Gasteiger partial charge in [-0.2, -0.15) is 5.26 Å². The highest BCUT2D eigenvalue weighted by atomic mass is 16.2. The van der Waals surface area contributed by atoms with E-state index in [9.17, 15) is 9.59 Å². The fraction of sp³-hybridized carbons (Fsp3) is 0.125. The Morgan fingerprint density at radius 2 is 1.50 bits per heavy atom. The Hall–Kier alpha value is -5.20. The summed E-state index contributed by atoms with van der Waals surface area (Å²) in [5.41, 5.74) is 3.97. The Morgan fingerprint density at radius 3 is 2.13 bits per heavy atom. The SMILES string of the molecule is C[C@H](NC(=O)[C@H](c1cccnc1)N(C(=O)C#CCC#N)c1ccc(-c2ccccc2)cc1)c1ccccc1. The Balaban J connectivity index is 1.76. The molecule has 0 spiro atoms. The van der Waals surface area contributed by atoms with Crippen LogP contribution in [0.1, 0.15) is 36.6 Å². The van der Waals surface area contributed by atoms with Crippen LogP contribution < -0.4 is 10.2 Å². The molecule has 0 unspecified atom stereocenters. The highest BCUT2D eigenvalue weighted by Gasteiger charge is 2.33. The summed E-state index contributed by atoms with van der Waals surface area (Å²) in [7, 11) is 0. The molecule has 0 aliphatic rings. The normalized spacial score (nSPS) is 11.7. The van der Waals surface area contributed by atoms with E-state index in [-0.39, 0.29) is 18.4 Å². The number of amides is 2. The molecular weight excluding hydrogens is 472 g/mol. The highest BCUT2D eigenvalue weighted by molar-refractivity contribution is 6.10. The van der Waals surface area contributed by atoms with Gasteiger partial charge in [0.25, 0.3) is 0 Å². The molecule has 0 bridgehead atoms. The third kappa shape index (κ3) is 6.32. The minimum atomic E-state index is -1.04. The molecule has 2 amide bonds. The Labute approximate surface area is 222 Å². The first-order chi connectivity index (χ1) is 18.6. The van der Waals surface area contributed by atoms with Gasteiger partial charge in [-0.1, -0.05) is 84.8 Å². The molecule has 1 heterocycles. The lowest BCUT2D eigenvalue weighted by Crippen LogP contribution is -2.44. The fourth-order valence-electron chi connectivity index (χ4n) is 4.12. The minimum Gasteiger partial charge on any atom is -0.347 e. The molecule has 0 fully saturated rings. The van der Waals surface area contributed by atoms with E-state index in [1.165, 1.54) is 4.90 Å². The number of pyridine rings is 1. The van der Waals surface area contributed by atoms with E-state index in [0.29, 0.717) is 11.3 Å². The summed E-state index contributed by atoms with van der Waals surface area (Å²) < 4.78 is 0. The number of nitriles is 1. The van der Waals surface area contributed by atoms with Crippen LogP contribution in [0, 0.1) is 23.2 Å². The molecule has 0 saturated heterocycles. The summed E-state index contributed by atoms with van der Waals surface area (Å²) in [6.45, 7) is 1.89. The van der Waals surface area contributed by atoms with Crippen molar-refractivity contribution in [3.8, 4) is 29.0 Å². The van der Waals surface area contributed by atoms with Crippen molar-refractivity contribution in [2.24, 2.45) is 0 Å². The number of carbonyl (C=O) groups is 2. The number of hydrogen-bond donors (Lipinski definition) is 1. The number of aromatic nitrogens is 1. The molecule has 3 aromatic carbocycles. The van der Waals surface area contributed by atoms with Crippen molar-refractivity contribution in [2.45, 2.75) is 25.4 Å². The molecule has 0 aliphatic heterocycles. The van der Waals surface area contributed by atoms with E-state index in [2.05, 4.69) is 22.1 Å². The average Bonchev–Trinajstić information content (AvgIpc) is 2.97. The molecule has 1 aromatic heterocycles. The van der Waals surface area contributed by atoms with E-state index in [0.717, 1.165) is 16.7 Å². The lowest BCUT2D eigenvalue weighted by atomic mass is 10.0. The maximum Gasteiger partial charge on any atom is 0.303 e. The number of anilines is 1. The third-order valence-corrected chi connectivity index (χ3v) is 6.00. The minimum absolute atomic E-state index is 0.0959. The maximum atomic E-state index is 13.8. The van der Waals surface area contributed by atoms with Gasteiger partial charge in [-0.05, 0) is 47.7 Å². The predicted octanol–water partition coefficient (Wildman–Crippen LogP) is 5.62. The molecule has 38 heavy (non-hydrogen) atoms. The molecule has 0 saturated carbocycles. The van der Waals surface area contributed by atoms with Crippen LogP contribution in [0.4, 0.5) is 5.69 Å². The zero-order chi connectivity index (χ0) is 26.7. The van der Waals surface area contributed by atoms with E-state index in [1.54, 1.807) is 36.7 Å². The second-order valence-corrected chi connectivity index (χ2v) is 8.55. The standard InChI is InChI=1S/C32H26N4O2/c1-24(25-11-4-2-5-12-25)35-32(38)31(28-15-10-22-34-23-28)36(30(37)16-8-9-21-33)29-19-17-27(18-20-29)26-13-6-3-7-14-26/h2-7,10-15,17-20,22-24,31H,9H2,1H3,(H,35,38)/t24-,31-/m0/s1. The zero-order valence-electron chi connectivity index (χ0n) is 20.9. The molecule has 186 valence electrons. The lowest BCUT2D eigenvalue weighted by molar-refractivity contribution is -0.125. The monoisotopic (exact) mass is 498 g/mol. The van der Waals surface area contributed by atoms with Gasteiger partial charge in [-0.15, -0.1) is 0 Å². The van der Waals surface area contributed by atoms with E-state index < -0.39 is 11.9 Å². The number of carbonyl (C=O) groups excluding carboxylic acids is 2. The van der Waals surface area contributed by atoms with Gasteiger partial charge in [0.05, 0.1) is 18.5 Å². The van der Waals surface area contributed by atoms with Crippen molar-refractivity contribution >= 4 is 17.5 Å².